The first-order valence-corrected chi connectivity index (χ1v) is 4.77. The molecule has 0 aliphatic carbocycles. The van der Waals surface area contributed by atoms with Gasteiger partial charge in [0.2, 0.25) is 0 Å². The Morgan fingerprint density at radius 1 is 1.31 bits per heavy atom. The highest BCUT2D eigenvalue weighted by Crippen LogP contribution is 2.11. The van der Waals surface area contributed by atoms with E-state index in [9.17, 15) is 4.79 Å². The van der Waals surface area contributed by atoms with Gasteiger partial charge in [0, 0.05) is 24.2 Å². The molecule has 0 fully saturated rings. The van der Waals surface area contributed by atoms with E-state index in [1.807, 2.05) is 18.4 Å². The molecule has 0 saturated carbocycles. The fraction of sp³-hybridized carbons (Fsp3) is 0.600. The van der Waals surface area contributed by atoms with E-state index in [0.717, 1.165) is 42.9 Å². The lowest BCUT2D eigenvalue weighted by Gasteiger charge is -2.18. The van der Waals surface area contributed by atoms with Gasteiger partial charge in [-0.25, -0.2) is 4.98 Å². The lowest BCUT2D eigenvalue weighted by molar-refractivity contribution is 0.491. The maximum atomic E-state index is 11.8. The van der Waals surface area contributed by atoms with Crippen molar-refractivity contribution in [2.75, 3.05) is 0 Å². The summed E-state index contributed by atoms with van der Waals surface area (Å²) in [6, 6.07) is 0. The fourth-order valence-corrected chi connectivity index (χ4v) is 1.79. The van der Waals surface area contributed by atoms with Crippen LogP contribution in [0, 0.1) is 13.8 Å². The maximum Gasteiger partial charge on any atom is 0.256 e. The van der Waals surface area contributed by atoms with Crippen LogP contribution in [-0.4, -0.2) is 9.55 Å². The van der Waals surface area contributed by atoms with E-state index in [4.69, 9.17) is 0 Å². The molecule has 0 radical (unpaired) electrons. The second-order valence-electron chi connectivity index (χ2n) is 3.65. The third-order valence-corrected chi connectivity index (χ3v) is 2.75. The van der Waals surface area contributed by atoms with Gasteiger partial charge >= 0.3 is 0 Å². The normalized spacial score (nSPS) is 15.5. The average molecular weight is 178 g/mol. The number of aryl methyl sites for hydroxylation is 2. The summed E-state index contributed by atoms with van der Waals surface area (Å²) in [5.41, 5.74) is 1.84. The number of aromatic nitrogens is 2. The Bertz CT molecular complexity index is 393. The summed E-state index contributed by atoms with van der Waals surface area (Å²) in [6.45, 7) is 4.61. The predicted molar refractivity (Wildman–Crippen MR) is 50.9 cm³/mol. The summed E-state index contributed by atoms with van der Waals surface area (Å²) >= 11 is 0. The Labute approximate surface area is 77.4 Å². The highest BCUT2D eigenvalue weighted by atomic mass is 16.1. The van der Waals surface area contributed by atoms with E-state index in [0.29, 0.717) is 0 Å². The van der Waals surface area contributed by atoms with E-state index in [1.165, 1.54) is 0 Å². The smallest absolute Gasteiger partial charge is 0.256 e. The van der Waals surface area contributed by atoms with Crippen molar-refractivity contribution in [2.24, 2.45) is 0 Å². The summed E-state index contributed by atoms with van der Waals surface area (Å²) in [6.07, 6.45) is 3.22. The standard InChI is InChI=1S/C10H14N2O/c1-7-8(2)11-9-5-3-4-6-12(9)10(7)13/h3-6H2,1-2H3. The van der Waals surface area contributed by atoms with E-state index in [2.05, 4.69) is 4.98 Å². The van der Waals surface area contributed by atoms with Gasteiger partial charge in [0.25, 0.3) is 5.56 Å². The molecule has 2 rings (SSSR count). The van der Waals surface area contributed by atoms with E-state index >= 15 is 0 Å². The molecule has 0 N–H and O–H groups in total. The first kappa shape index (κ1) is 8.48. The molecule has 13 heavy (non-hydrogen) atoms. The van der Waals surface area contributed by atoms with Crippen molar-refractivity contribution in [1.82, 2.24) is 9.55 Å². The first-order valence-electron chi connectivity index (χ1n) is 4.77. The second kappa shape index (κ2) is 2.98. The molecular formula is C10H14N2O. The average Bonchev–Trinajstić information content (AvgIpc) is 2.15. The number of hydrogen-bond acceptors (Lipinski definition) is 2. The highest BCUT2D eigenvalue weighted by molar-refractivity contribution is 5.16. The molecule has 1 aliphatic heterocycles. The number of nitrogens with zero attached hydrogens (tertiary/aromatic N) is 2. The Morgan fingerprint density at radius 3 is 2.85 bits per heavy atom. The first-order chi connectivity index (χ1) is 6.20. The second-order valence-corrected chi connectivity index (χ2v) is 3.65. The van der Waals surface area contributed by atoms with Gasteiger partial charge in [-0.15, -0.1) is 0 Å². The largest absolute Gasteiger partial charge is 0.296 e. The molecule has 0 bridgehead atoms. The lowest BCUT2D eigenvalue weighted by Crippen LogP contribution is -2.30. The van der Waals surface area contributed by atoms with Crippen molar-refractivity contribution in [3.05, 3.63) is 27.4 Å². The van der Waals surface area contributed by atoms with Crippen LogP contribution >= 0.6 is 0 Å². The molecule has 0 saturated heterocycles. The van der Waals surface area contributed by atoms with Crippen molar-refractivity contribution < 1.29 is 0 Å². The maximum absolute atomic E-state index is 11.8. The summed E-state index contributed by atoms with van der Waals surface area (Å²) in [4.78, 5) is 16.2. The highest BCUT2D eigenvalue weighted by Gasteiger charge is 2.13. The topological polar surface area (TPSA) is 34.9 Å². The lowest BCUT2D eigenvalue weighted by atomic mass is 10.1. The van der Waals surface area contributed by atoms with E-state index < -0.39 is 0 Å². The molecule has 1 aliphatic rings. The summed E-state index contributed by atoms with van der Waals surface area (Å²) in [5, 5.41) is 0. The van der Waals surface area contributed by atoms with Crippen molar-refractivity contribution in [3.63, 3.8) is 0 Å². The van der Waals surface area contributed by atoms with Crippen LogP contribution in [0.4, 0.5) is 0 Å². The van der Waals surface area contributed by atoms with E-state index in [1.54, 1.807) is 0 Å². The monoisotopic (exact) mass is 178 g/mol. The molecule has 3 heteroatoms. The van der Waals surface area contributed by atoms with Gasteiger partial charge < -0.3 is 0 Å². The van der Waals surface area contributed by atoms with Crippen LogP contribution in [0.15, 0.2) is 4.79 Å². The van der Waals surface area contributed by atoms with Gasteiger partial charge in [-0.3, -0.25) is 9.36 Å². The minimum Gasteiger partial charge on any atom is -0.296 e. The molecule has 0 atom stereocenters. The van der Waals surface area contributed by atoms with Crippen LogP contribution in [0.2, 0.25) is 0 Å². The van der Waals surface area contributed by atoms with Crippen LogP contribution in [0.1, 0.15) is 29.9 Å². The minimum absolute atomic E-state index is 0.155. The summed E-state index contributed by atoms with van der Waals surface area (Å²) in [7, 11) is 0. The number of hydrogen-bond donors (Lipinski definition) is 0. The van der Waals surface area contributed by atoms with Crippen molar-refractivity contribution >= 4 is 0 Å². The molecule has 0 spiro atoms. The molecule has 1 aromatic rings. The van der Waals surface area contributed by atoms with Crippen molar-refractivity contribution in [1.29, 1.82) is 0 Å². The zero-order valence-electron chi connectivity index (χ0n) is 8.13. The number of rotatable bonds is 0. The Morgan fingerprint density at radius 2 is 2.08 bits per heavy atom. The van der Waals surface area contributed by atoms with Gasteiger partial charge in [-0.05, 0) is 26.7 Å². The van der Waals surface area contributed by atoms with Crippen molar-refractivity contribution in [2.45, 2.75) is 39.7 Å². The SMILES string of the molecule is Cc1nc2n(c(=O)c1C)CCCC2. The molecule has 0 amide bonds. The Kier molecular flexibility index (Phi) is 1.94. The van der Waals surface area contributed by atoms with Gasteiger partial charge in [-0.2, -0.15) is 0 Å². The van der Waals surface area contributed by atoms with Crippen LogP contribution in [0.25, 0.3) is 0 Å². The Balaban J connectivity index is 2.68. The number of fused-ring (bicyclic) bond motifs is 1. The van der Waals surface area contributed by atoms with Gasteiger partial charge in [-0.1, -0.05) is 0 Å². The molecule has 1 aromatic heterocycles. The molecular weight excluding hydrogens is 164 g/mol. The molecule has 70 valence electrons. The van der Waals surface area contributed by atoms with Gasteiger partial charge in [0.1, 0.15) is 5.82 Å². The summed E-state index contributed by atoms with van der Waals surface area (Å²) in [5.74, 6) is 0.972. The van der Waals surface area contributed by atoms with Crippen LogP contribution in [0.5, 0.6) is 0 Å². The van der Waals surface area contributed by atoms with Gasteiger partial charge in [0.05, 0.1) is 0 Å². The van der Waals surface area contributed by atoms with Crippen LogP contribution in [0.3, 0.4) is 0 Å². The third-order valence-electron chi connectivity index (χ3n) is 2.75. The Hall–Kier alpha value is -1.12. The third kappa shape index (κ3) is 1.28. The molecule has 0 aromatic carbocycles. The fourth-order valence-electron chi connectivity index (χ4n) is 1.79. The summed E-state index contributed by atoms with van der Waals surface area (Å²) < 4.78 is 1.83. The zero-order valence-corrected chi connectivity index (χ0v) is 8.13. The van der Waals surface area contributed by atoms with Crippen LogP contribution < -0.4 is 5.56 Å². The molecule has 2 heterocycles. The van der Waals surface area contributed by atoms with Crippen molar-refractivity contribution in [3.8, 4) is 0 Å². The minimum atomic E-state index is 0.155. The quantitative estimate of drug-likeness (QED) is 0.598. The zero-order chi connectivity index (χ0) is 9.42. The van der Waals surface area contributed by atoms with Crippen LogP contribution in [-0.2, 0) is 13.0 Å². The van der Waals surface area contributed by atoms with E-state index in [-0.39, 0.29) is 5.56 Å². The molecule has 0 unspecified atom stereocenters. The molecule has 3 nitrogen and oxygen atoms in total. The van der Waals surface area contributed by atoms with Gasteiger partial charge in [0.15, 0.2) is 0 Å². The predicted octanol–water partition coefficient (Wildman–Crippen LogP) is 1.20.